The van der Waals surface area contributed by atoms with Crippen molar-refractivity contribution in [2.24, 2.45) is 0 Å². The predicted octanol–water partition coefficient (Wildman–Crippen LogP) is 14.9. The van der Waals surface area contributed by atoms with Crippen LogP contribution < -0.4 is 4.90 Å². The minimum atomic E-state index is 0.627. The molecule has 0 saturated carbocycles. The average molecular weight is 759 g/mol. The summed E-state index contributed by atoms with van der Waals surface area (Å²) in [6.45, 7) is 0.756. The summed E-state index contributed by atoms with van der Waals surface area (Å²) >= 11 is 0. The Morgan fingerprint density at radius 1 is 0.424 bits per heavy atom. The van der Waals surface area contributed by atoms with Crippen LogP contribution in [0.3, 0.4) is 0 Å². The van der Waals surface area contributed by atoms with Crippen LogP contribution in [0, 0.1) is 0 Å². The molecular weight excluding hydrogens is 721 g/mol. The summed E-state index contributed by atoms with van der Waals surface area (Å²) in [6, 6.07) is 73.0. The van der Waals surface area contributed by atoms with E-state index in [2.05, 4.69) is 163 Å². The van der Waals surface area contributed by atoms with Gasteiger partial charge in [-0.1, -0.05) is 146 Å². The molecule has 4 nitrogen and oxygen atoms in total. The minimum absolute atomic E-state index is 0.627. The number of fused-ring (bicyclic) bond motifs is 6. The number of hydrogen-bond donors (Lipinski definition) is 0. The Hall–Kier alpha value is -7.69. The lowest BCUT2D eigenvalue weighted by Crippen LogP contribution is -2.21. The van der Waals surface area contributed by atoms with Crippen molar-refractivity contribution in [3.8, 4) is 44.8 Å². The molecule has 2 heterocycles. The normalized spacial score (nSPS) is 11.5. The molecule has 0 N–H and O–H groups in total. The maximum Gasteiger partial charge on any atom is 0.227 e. The second kappa shape index (κ2) is 14.7. The molecule has 4 heteroatoms. The van der Waals surface area contributed by atoms with Crippen molar-refractivity contribution in [1.29, 1.82) is 0 Å². The van der Waals surface area contributed by atoms with Crippen LogP contribution in [0.2, 0.25) is 0 Å². The molecule has 0 aliphatic heterocycles. The van der Waals surface area contributed by atoms with Crippen molar-refractivity contribution in [3.05, 3.63) is 212 Å². The van der Waals surface area contributed by atoms with Crippen LogP contribution in [-0.4, -0.2) is 11.5 Å². The molecule has 9 aromatic carbocycles. The van der Waals surface area contributed by atoms with Gasteiger partial charge in [0.1, 0.15) is 16.7 Å². The molecule has 0 aliphatic carbocycles. The largest absolute Gasteiger partial charge is 0.456 e. The number of benzene rings is 9. The van der Waals surface area contributed by atoms with Gasteiger partial charge in [0.15, 0.2) is 5.58 Å². The van der Waals surface area contributed by atoms with Gasteiger partial charge in [-0.15, -0.1) is 0 Å². The van der Waals surface area contributed by atoms with Crippen molar-refractivity contribution in [3.63, 3.8) is 0 Å². The Morgan fingerprint density at radius 3 is 1.92 bits per heavy atom. The van der Waals surface area contributed by atoms with E-state index < -0.39 is 0 Å². The topological polar surface area (TPSA) is 42.4 Å². The monoisotopic (exact) mass is 758 g/mol. The molecule has 11 rings (SSSR count). The molecule has 0 radical (unpaired) electrons. The van der Waals surface area contributed by atoms with E-state index in [0.29, 0.717) is 5.89 Å². The molecule has 0 spiro atoms. The summed E-state index contributed by atoms with van der Waals surface area (Å²) in [5, 5.41) is 4.40. The Balaban J connectivity index is 1.04. The first kappa shape index (κ1) is 34.5. The van der Waals surface area contributed by atoms with Gasteiger partial charge in [-0.3, -0.25) is 0 Å². The Labute approximate surface area is 342 Å². The van der Waals surface area contributed by atoms with Gasteiger partial charge < -0.3 is 13.7 Å². The Kier molecular flexibility index (Phi) is 8.59. The maximum atomic E-state index is 6.47. The second-order valence-corrected chi connectivity index (χ2v) is 15.1. The summed E-state index contributed by atoms with van der Waals surface area (Å²) in [6.07, 6.45) is 0.845. The van der Waals surface area contributed by atoms with Crippen LogP contribution in [-0.2, 0) is 6.42 Å². The maximum absolute atomic E-state index is 6.47. The molecular formula is C55H38N2O2. The van der Waals surface area contributed by atoms with Crippen LogP contribution in [0.1, 0.15) is 5.56 Å². The van der Waals surface area contributed by atoms with Crippen LogP contribution in [0.4, 0.5) is 11.4 Å². The lowest BCUT2D eigenvalue weighted by atomic mass is 9.95. The third-order valence-electron chi connectivity index (χ3n) is 11.4. The van der Waals surface area contributed by atoms with Gasteiger partial charge in [-0.25, -0.2) is 4.98 Å². The van der Waals surface area contributed by atoms with E-state index in [4.69, 9.17) is 13.8 Å². The van der Waals surface area contributed by atoms with E-state index in [0.717, 1.165) is 96.0 Å². The quantitative estimate of drug-likeness (QED) is 0.147. The molecule has 59 heavy (non-hydrogen) atoms. The lowest BCUT2D eigenvalue weighted by Gasteiger charge is -2.28. The molecule has 11 aromatic rings. The van der Waals surface area contributed by atoms with Crippen molar-refractivity contribution >= 4 is 55.2 Å². The highest BCUT2D eigenvalue weighted by molar-refractivity contribution is 6.07. The Bertz CT molecular complexity index is 3280. The first-order valence-corrected chi connectivity index (χ1v) is 20.1. The van der Waals surface area contributed by atoms with E-state index in [1.165, 1.54) is 16.7 Å². The third kappa shape index (κ3) is 6.51. The van der Waals surface area contributed by atoms with Gasteiger partial charge in [0.05, 0.1) is 0 Å². The van der Waals surface area contributed by atoms with E-state index in [9.17, 15) is 0 Å². The van der Waals surface area contributed by atoms with E-state index >= 15 is 0 Å². The van der Waals surface area contributed by atoms with Crippen LogP contribution >= 0.6 is 0 Å². The fourth-order valence-corrected chi connectivity index (χ4v) is 8.44. The fraction of sp³-hybridized carbons (Fsp3) is 0.0364. The summed E-state index contributed by atoms with van der Waals surface area (Å²) < 4.78 is 12.9. The molecule has 2 aromatic heterocycles. The highest BCUT2D eigenvalue weighted by atomic mass is 16.3. The smallest absolute Gasteiger partial charge is 0.227 e. The molecule has 0 atom stereocenters. The summed E-state index contributed by atoms with van der Waals surface area (Å²) in [5.41, 5.74) is 14.8. The summed E-state index contributed by atoms with van der Waals surface area (Å²) in [4.78, 5) is 7.32. The van der Waals surface area contributed by atoms with Crippen molar-refractivity contribution in [2.45, 2.75) is 6.42 Å². The zero-order valence-corrected chi connectivity index (χ0v) is 32.3. The number of aromatic nitrogens is 1. The first-order valence-electron chi connectivity index (χ1n) is 20.1. The zero-order chi connectivity index (χ0) is 39.1. The lowest BCUT2D eigenvalue weighted by molar-refractivity contribution is 0.623. The molecule has 0 unspecified atom stereocenters. The van der Waals surface area contributed by atoms with Gasteiger partial charge in [0, 0.05) is 51.3 Å². The van der Waals surface area contributed by atoms with Gasteiger partial charge in [-0.05, 0) is 99.8 Å². The molecule has 0 bridgehead atoms. The third-order valence-corrected chi connectivity index (χ3v) is 11.4. The van der Waals surface area contributed by atoms with Crippen LogP contribution in [0.15, 0.2) is 215 Å². The number of para-hydroxylation sites is 1. The molecule has 0 saturated heterocycles. The van der Waals surface area contributed by atoms with Gasteiger partial charge in [-0.2, -0.15) is 0 Å². The second-order valence-electron chi connectivity index (χ2n) is 15.1. The van der Waals surface area contributed by atoms with Gasteiger partial charge in [0.2, 0.25) is 5.89 Å². The number of nitrogens with zero attached hydrogens (tertiary/aromatic N) is 2. The van der Waals surface area contributed by atoms with Crippen LogP contribution in [0.25, 0.3) is 88.6 Å². The SMILES string of the molecule is c1ccc(-c2cccc(CCN(c3ccc4c(c3)oc3ccccc34)c3ccc(-c4ccc5ccc6nc(-c7ccccc7)oc6c5c4)cc3-c3ccccc3)c2)cc1. The fourth-order valence-electron chi connectivity index (χ4n) is 8.44. The Morgan fingerprint density at radius 2 is 1.08 bits per heavy atom. The van der Waals surface area contributed by atoms with Gasteiger partial charge >= 0.3 is 0 Å². The van der Waals surface area contributed by atoms with E-state index in [1.807, 2.05) is 48.5 Å². The highest BCUT2D eigenvalue weighted by Crippen LogP contribution is 2.41. The van der Waals surface area contributed by atoms with Crippen molar-refractivity contribution in [1.82, 2.24) is 4.98 Å². The predicted molar refractivity (Wildman–Crippen MR) is 244 cm³/mol. The first-order chi connectivity index (χ1) is 29.2. The molecule has 0 amide bonds. The van der Waals surface area contributed by atoms with E-state index in [-0.39, 0.29) is 0 Å². The molecule has 0 aliphatic rings. The highest BCUT2D eigenvalue weighted by Gasteiger charge is 2.19. The minimum Gasteiger partial charge on any atom is -0.456 e. The number of anilines is 2. The van der Waals surface area contributed by atoms with Gasteiger partial charge in [0.25, 0.3) is 0 Å². The average Bonchev–Trinajstić information content (AvgIpc) is 3.92. The van der Waals surface area contributed by atoms with Crippen molar-refractivity contribution in [2.75, 3.05) is 11.4 Å². The standard InChI is InChI=1S/C55H38N2O2/c1-4-14-38(15-5-1)42-20-12-13-37(33-42)31-32-57(45-27-28-47-46-21-10-11-22-52(46)58-53(47)36-45)51-30-26-44(34-48(51)39-16-6-2-7-17-39)43-24-23-40-25-29-50-54(49(40)35-43)59-55(56-50)41-18-8-3-9-19-41/h1-30,33-36H,31-32H2. The number of hydrogen-bond acceptors (Lipinski definition) is 4. The summed E-state index contributed by atoms with van der Waals surface area (Å²) in [7, 11) is 0. The number of oxazole rings is 1. The molecule has 0 fully saturated rings. The van der Waals surface area contributed by atoms with Crippen molar-refractivity contribution < 1.29 is 8.83 Å². The zero-order valence-electron chi connectivity index (χ0n) is 32.3. The number of rotatable bonds is 9. The van der Waals surface area contributed by atoms with Crippen LogP contribution in [0.5, 0.6) is 0 Å². The summed E-state index contributed by atoms with van der Waals surface area (Å²) in [5.74, 6) is 0.627. The molecule has 280 valence electrons. The van der Waals surface area contributed by atoms with E-state index in [1.54, 1.807) is 0 Å². The number of furan rings is 1.